The van der Waals surface area contributed by atoms with Gasteiger partial charge in [0.2, 0.25) is 5.75 Å². The van der Waals surface area contributed by atoms with E-state index in [0.717, 1.165) is 0 Å². The summed E-state index contributed by atoms with van der Waals surface area (Å²) in [5.74, 6) is 0.0175. The van der Waals surface area contributed by atoms with E-state index in [4.69, 9.17) is 4.74 Å². The average molecular weight is 231 g/mol. The number of para-hydroxylation sites is 2. The lowest BCUT2D eigenvalue weighted by molar-refractivity contribution is -0.385. The van der Waals surface area contributed by atoms with E-state index in [1.165, 1.54) is 18.2 Å². The number of ether oxygens (including phenoxy) is 1. The SMILES string of the molecule is O=[N+]([O-])c1cccc(O)c1Oc1ccccc1. The molecule has 2 rings (SSSR count). The Morgan fingerprint density at radius 1 is 1.06 bits per heavy atom. The third kappa shape index (κ3) is 2.34. The van der Waals surface area contributed by atoms with E-state index in [1.807, 2.05) is 0 Å². The normalized spacial score (nSPS) is 9.88. The van der Waals surface area contributed by atoms with Crippen molar-refractivity contribution in [1.29, 1.82) is 0 Å². The van der Waals surface area contributed by atoms with Gasteiger partial charge in [-0.2, -0.15) is 0 Å². The fraction of sp³-hybridized carbons (Fsp3) is 0. The van der Waals surface area contributed by atoms with Crippen LogP contribution < -0.4 is 4.74 Å². The van der Waals surface area contributed by atoms with Crippen LogP contribution in [-0.4, -0.2) is 10.0 Å². The van der Waals surface area contributed by atoms with Crippen LogP contribution in [0.1, 0.15) is 0 Å². The molecule has 0 aliphatic carbocycles. The number of nitrogens with zero attached hydrogens (tertiary/aromatic N) is 1. The van der Waals surface area contributed by atoms with Crippen LogP contribution in [0.4, 0.5) is 5.69 Å². The average Bonchev–Trinajstić information content (AvgIpc) is 2.33. The number of phenols is 1. The summed E-state index contributed by atoms with van der Waals surface area (Å²) < 4.78 is 5.31. The lowest BCUT2D eigenvalue weighted by Gasteiger charge is -2.07. The molecule has 0 saturated heterocycles. The fourth-order valence-electron chi connectivity index (χ4n) is 1.37. The number of nitro benzene ring substituents is 1. The number of hydrogen-bond donors (Lipinski definition) is 1. The molecule has 0 bridgehead atoms. The first-order chi connectivity index (χ1) is 8.18. The molecule has 0 saturated carbocycles. The Balaban J connectivity index is 2.41. The third-order valence-corrected chi connectivity index (χ3v) is 2.13. The second kappa shape index (κ2) is 4.52. The zero-order valence-electron chi connectivity index (χ0n) is 8.74. The molecule has 0 heterocycles. The molecule has 5 nitrogen and oxygen atoms in total. The van der Waals surface area contributed by atoms with Gasteiger partial charge in [0.1, 0.15) is 5.75 Å². The minimum atomic E-state index is -0.599. The van der Waals surface area contributed by atoms with Crippen molar-refractivity contribution in [1.82, 2.24) is 0 Å². The molecule has 0 amide bonds. The van der Waals surface area contributed by atoms with Crippen molar-refractivity contribution in [2.45, 2.75) is 0 Å². The number of aromatic hydroxyl groups is 1. The molecule has 0 aliphatic heterocycles. The van der Waals surface area contributed by atoms with Crippen LogP contribution in [0.25, 0.3) is 0 Å². The minimum Gasteiger partial charge on any atom is -0.504 e. The molecule has 2 aromatic rings. The Kier molecular flexibility index (Phi) is 2.91. The molecule has 17 heavy (non-hydrogen) atoms. The van der Waals surface area contributed by atoms with E-state index in [2.05, 4.69) is 0 Å². The first-order valence-corrected chi connectivity index (χ1v) is 4.88. The van der Waals surface area contributed by atoms with Crippen LogP contribution in [0.3, 0.4) is 0 Å². The number of phenolic OH excluding ortho intramolecular Hbond substituents is 1. The van der Waals surface area contributed by atoms with E-state index in [1.54, 1.807) is 30.3 Å². The number of hydrogen-bond acceptors (Lipinski definition) is 4. The molecule has 5 heteroatoms. The highest BCUT2D eigenvalue weighted by Gasteiger charge is 2.19. The fourth-order valence-corrected chi connectivity index (χ4v) is 1.37. The molecule has 86 valence electrons. The van der Waals surface area contributed by atoms with Crippen molar-refractivity contribution < 1.29 is 14.8 Å². The van der Waals surface area contributed by atoms with E-state index in [9.17, 15) is 15.2 Å². The van der Waals surface area contributed by atoms with Crippen molar-refractivity contribution in [3.05, 3.63) is 58.6 Å². The van der Waals surface area contributed by atoms with Crippen molar-refractivity contribution in [3.8, 4) is 17.2 Å². The molecule has 0 fully saturated rings. The summed E-state index contributed by atoms with van der Waals surface area (Å²) in [6.45, 7) is 0. The van der Waals surface area contributed by atoms with Crippen LogP contribution in [0.5, 0.6) is 17.2 Å². The molecular formula is C12H9NO4. The topological polar surface area (TPSA) is 72.6 Å². The number of benzene rings is 2. The van der Waals surface area contributed by atoms with Gasteiger partial charge in [0, 0.05) is 6.07 Å². The second-order valence-corrected chi connectivity index (χ2v) is 3.30. The summed E-state index contributed by atoms with van der Waals surface area (Å²) in [5.41, 5.74) is -0.270. The van der Waals surface area contributed by atoms with E-state index >= 15 is 0 Å². The van der Waals surface area contributed by atoms with Crippen molar-refractivity contribution >= 4 is 5.69 Å². The summed E-state index contributed by atoms with van der Waals surface area (Å²) in [6, 6.07) is 12.6. The monoisotopic (exact) mass is 231 g/mol. The molecule has 0 radical (unpaired) electrons. The lowest BCUT2D eigenvalue weighted by atomic mass is 10.2. The Hall–Kier alpha value is -2.56. The minimum absolute atomic E-state index is 0.149. The predicted molar refractivity (Wildman–Crippen MR) is 61.3 cm³/mol. The summed E-state index contributed by atoms with van der Waals surface area (Å²) in [6.07, 6.45) is 0. The summed E-state index contributed by atoms with van der Waals surface area (Å²) in [7, 11) is 0. The molecule has 0 spiro atoms. The smallest absolute Gasteiger partial charge is 0.315 e. The van der Waals surface area contributed by atoms with Crippen molar-refractivity contribution in [2.24, 2.45) is 0 Å². The highest BCUT2D eigenvalue weighted by molar-refractivity contribution is 5.56. The summed E-state index contributed by atoms with van der Waals surface area (Å²) >= 11 is 0. The van der Waals surface area contributed by atoms with Gasteiger partial charge < -0.3 is 9.84 Å². The predicted octanol–water partition coefficient (Wildman–Crippen LogP) is 3.09. The molecular weight excluding hydrogens is 222 g/mol. The molecule has 0 aromatic heterocycles. The first-order valence-electron chi connectivity index (χ1n) is 4.88. The van der Waals surface area contributed by atoms with E-state index in [0.29, 0.717) is 5.75 Å². The van der Waals surface area contributed by atoms with Gasteiger partial charge in [-0.1, -0.05) is 24.3 Å². The van der Waals surface area contributed by atoms with Crippen molar-refractivity contribution in [3.63, 3.8) is 0 Å². The maximum atomic E-state index is 10.8. The van der Waals surface area contributed by atoms with Crippen LogP contribution in [0, 0.1) is 10.1 Å². The van der Waals surface area contributed by atoms with Crippen LogP contribution >= 0.6 is 0 Å². The van der Waals surface area contributed by atoms with Gasteiger partial charge in [0.05, 0.1) is 4.92 Å². The van der Waals surface area contributed by atoms with Crippen LogP contribution in [-0.2, 0) is 0 Å². The molecule has 0 atom stereocenters. The third-order valence-electron chi connectivity index (χ3n) is 2.13. The van der Waals surface area contributed by atoms with E-state index < -0.39 is 4.92 Å². The highest BCUT2D eigenvalue weighted by atomic mass is 16.6. The first kappa shape index (κ1) is 10.9. The summed E-state index contributed by atoms with van der Waals surface area (Å²) in [4.78, 5) is 10.2. The van der Waals surface area contributed by atoms with Gasteiger partial charge >= 0.3 is 5.69 Å². The molecule has 0 unspecified atom stereocenters. The number of nitro groups is 1. The Bertz CT molecular complexity index is 539. The number of rotatable bonds is 3. The zero-order valence-corrected chi connectivity index (χ0v) is 8.74. The molecule has 1 N–H and O–H groups in total. The standard InChI is InChI=1S/C12H9NO4/c14-11-8-4-7-10(13(15)16)12(11)17-9-5-2-1-3-6-9/h1-8,14H. The quantitative estimate of drug-likeness (QED) is 0.650. The Morgan fingerprint density at radius 3 is 2.41 bits per heavy atom. The maximum absolute atomic E-state index is 10.8. The van der Waals surface area contributed by atoms with Crippen LogP contribution in [0.2, 0.25) is 0 Å². The Labute approximate surface area is 97.0 Å². The van der Waals surface area contributed by atoms with Gasteiger partial charge in [0.15, 0.2) is 5.75 Å². The van der Waals surface area contributed by atoms with Gasteiger partial charge in [-0.05, 0) is 18.2 Å². The van der Waals surface area contributed by atoms with E-state index in [-0.39, 0.29) is 17.2 Å². The largest absolute Gasteiger partial charge is 0.504 e. The van der Waals surface area contributed by atoms with Crippen molar-refractivity contribution in [2.75, 3.05) is 0 Å². The Morgan fingerprint density at radius 2 is 1.76 bits per heavy atom. The highest BCUT2D eigenvalue weighted by Crippen LogP contribution is 2.38. The van der Waals surface area contributed by atoms with Gasteiger partial charge in [-0.25, -0.2) is 0 Å². The zero-order chi connectivity index (χ0) is 12.3. The van der Waals surface area contributed by atoms with Gasteiger partial charge in [-0.15, -0.1) is 0 Å². The second-order valence-electron chi connectivity index (χ2n) is 3.30. The maximum Gasteiger partial charge on any atom is 0.315 e. The lowest BCUT2D eigenvalue weighted by Crippen LogP contribution is -1.93. The van der Waals surface area contributed by atoms with Gasteiger partial charge in [-0.3, -0.25) is 10.1 Å². The van der Waals surface area contributed by atoms with Gasteiger partial charge in [0.25, 0.3) is 0 Å². The van der Waals surface area contributed by atoms with Crippen LogP contribution in [0.15, 0.2) is 48.5 Å². The summed E-state index contributed by atoms with van der Waals surface area (Å²) in [5, 5.41) is 20.4. The molecule has 2 aromatic carbocycles. The molecule has 0 aliphatic rings.